The van der Waals surface area contributed by atoms with E-state index in [1.54, 1.807) is 0 Å². The Bertz CT molecular complexity index is 781. The van der Waals surface area contributed by atoms with Gasteiger partial charge in [-0.2, -0.15) is 0 Å². The van der Waals surface area contributed by atoms with Crippen LogP contribution in [0.3, 0.4) is 0 Å². The van der Waals surface area contributed by atoms with E-state index in [-0.39, 0.29) is 21.7 Å². The number of hydrogen-bond donors (Lipinski definition) is 2. The van der Waals surface area contributed by atoms with E-state index in [0.717, 1.165) is 6.07 Å². The Hall–Kier alpha value is -0.960. The van der Waals surface area contributed by atoms with E-state index in [0.29, 0.717) is 10.0 Å². The first-order valence-corrected chi connectivity index (χ1v) is 8.77. The van der Waals surface area contributed by atoms with Crippen molar-refractivity contribution in [3.05, 3.63) is 56.7 Å². The Kier molecular flexibility index (Phi) is 5.03. The molecule has 2 rings (SSSR count). The Balaban J connectivity index is 2.36. The Morgan fingerprint density at radius 2 is 1.81 bits per heavy atom. The van der Waals surface area contributed by atoms with Gasteiger partial charge in [-0.25, -0.2) is 12.8 Å². The van der Waals surface area contributed by atoms with Crippen molar-refractivity contribution in [1.29, 1.82) is 0 Å². The lowest BCUT2D eigenvalue weighted by Gasteiger charge is -2.11. The number of halogens is 3. The molecule has 0 amide bonds. The molecule has 21 heavy (non-hydrogen) atoms. The van der Waals surface area contributed by atoms with Gasteiger partial charge in [0.1, 0.15) is 10.7 Å². The maximum Gasteiger partial charge on any atom is 0.263 e. The van der Waals surface area contributed by atoms with Gasteiger partial charge in [-0.05, 0) is 67.8 Å². The molecule has 2 aromatic rings. The van der Waals surface area contributed by atoms with E-state index < -0.39 is 15.8 Å². The highest BCUT2D eigenvalue weighted by atomic mass is 79.9. The monoisotopic (exact) mass is 437 g/mol. The van der Waals surface area contributed by atoms with Crippen molar-refractivity contribution in [3.63, 3.8) is 0 Å². The lowest BCUT2D eigenvalue weighted by atomic mass is 10.2. The van der Waals surface area contributed by atoms with Crippen LogP contribution in [0.1, 0.15) is 5.56 Å². The summed E-state index contributed by atoms with van der Waals surface area (Å²) in [4.78, 5) is 0.0279. The number of hydrogen-bond acceptors (Lipinski definition) is 3. The second-order valence-electron chi connectivity index (χ2n) is 4.16. The first-order chi connectivity index (χ1) is 9.83. The van der Waals surface area contributed by atoms with Crippen LogP contribution < -0.4 is 4.72 Å². The molecule has 0 fully saturated rings. The van der Waals surface area contributed by atoms with E-state index in [9.17, 15) is 12.8 Å². The van der Waals surface area contributed by atoms with Gasteiger partial charge < -0.3 is 5.11 Å². The molecule has 2 aromatic carbocycles. The van der Waals surface area contributed by atoms with Crippen molar-refractivity contribution < 1.29 is 17.9 Å². The summed E-state index contributed by atoms with van der Waals surface area (Å²) in [5, 5.41) is 9.02. The van der Waals surface area contributed by atoms with Gasteiger partial charge in [0.25, 0.3) is 10.0 Å². The Labute approximate surface area is 138 Å². The van der Waals surface area contributed by atoms with Gasteiger partial charge in [0, 0.05) is 4.47 Å². The minimum absolute atomic E-state index is 0.0279. The quantitative estimate of drug-likeness (QED) is 0.765. The zero-order valence-corrected chi connectivity index (χ0v) is 14.5. The number of anilines is 1. The molecule has 2 N–H and O–H groups in total. The van der Waals surface area contributed by atoms with Gasteiger partial charge in [0.2, 0.25) is 0 Å². The molecule has 0 saturated heterocycles. The largest absolute Gasteiger partial charge is 0.392 e. The fourth-order valence-electron chi connectivity index (χ4n) is 1.63. The average molecular weight is 439 g/mol. The third-order valence-corrected chi connectivity index (χ3v) is 5.61. The van der Waals surface area contributed by atoms with E-state index in [1.807, 2.05) is 0 Å². The molecule has 0 atom stereocenters. The van der Waals surface area contributed by atoms with Crippen molar-refractivity contribution in [2.24, 2.45) is 0 Å². The summed E-state index contributed by atoms with van der Waals surface area (Å²) in [6.45, 7) is -0.183. The minimum atomic E-state index is -3.82. The molecule has 0 aliphatic carbocycles. The van der Waals surface area contributed by atoms with Crippen molar-refractivity contribution in [2.75, 3.05) is 4.72 Å². The molecule has 8 heteroatoms. The maximum absolute atomic E-state index is 13.1. The van der Waals surface area contributed by atoms with Crippen LogP contribution in [-0.4, -0.2) is 13.5 Å². The van der Waals surface area contributed by atoms with E-state index >= 15 is 0 Å². The number of nitrogens with one attached hydrogen (secondary N) is 1. The highest BCUT2D eigenvalue weighted by Crippen LogP contribution is 2.27. The van der Waals surface area contributed by atoms with Gasteiger partial charge >= 0.3 is 0 Å². The normalized spacial score (nSPS) is 11.4. The summed E-state index contributed by atoms with van der Waals surface area (Å²) in [6.07, 6.45) is 0. The lowest BCUT2D eigenvalue weighted by Crippen LogP contribution is -2.13. The SMILES string of the molecule is O=S(=O)(Nc1ccc(F)c(Br)c1)c1ccc(CO)cc1Br. The topological polar surface area (TPSA) is 66.4 Å². The fourth-order valence-corrected chi connectivity index (χ4v) is 4.18. The molecule has 0 spiro atoms. The molecular weight excluding hydrogens is 429 g/mol. The Morgan fingerprint density at radius 3 is 2.38 bits per heavy atom. The lowest BCUT2D eigenvalue weighted by molar-refractivity contribution is 0.281. The second kappa shape index (κ2) is 6.43. The molecule has 0 aliphatic rings. The summed E-state index contributed by atoms with van der Waals surface area (Å²) < 4.78 is 40.6. The smallest absolute Gasteiger partial charge is 0.263 e. The summed E-state index contributed by atoms with van der Waals surface area (Å²) in [5.41, 5.74) is 0.826. The van der Waals surface area contributed by atoms with Crippen LogP contribution in [0.2, 0.25) is 0 Å². The summed E-state index contributed by atoms with van der Waals surface area (Å²) >= 11 is 6.16. The predicted octanol–water partition coefficient (Wildman–Crippen LogP) is 3.64. The van der Waals surface area contributed by atoms with E-state index in [1.165, 1.54) is 30.3 Å². The molecule has 0 unspecified atom stereocenters. The van der Waals surface area contributed by atoms with Gasteiger partial charge in [-0.3, -0.25) is 4.72 Å². The summed E-state index contributed by atoms with van der Waals surface area (Å²) in [5.74, 6) is -0.480. The predicted molar refractivity (Wildman–Crippen MR) is 85.0 cm³/mol. The van der Waals surface area contributed by atoms with Gasteiger partial charge in [0.05, 0.1) is 16.8 Å². The molecule has 0 aromatic heterocycles. The number of aliphatic hydroxyl groups is 1. The third-order valence-electron chi connectivity index (χ3n) is 2.64. The average Bonchev–Trinajstić information content (AvgIpc) is 2.42. The van der Waals surface area contributed by atoms with Crippen LogP contribution >= 0.6 is 31.9 Å². The van der Waals surface area contributed by atoms with Crippen LogP contribution in [0.15, 0.2) is 50.2 Å². The van der Waals surface area contributed by atoms with Gasteiger partial charge in [0.15, 0.2) is 0 Å². The molecule has 0 radical (unpaired) electrons. The van der Waals surface area contributed by atoms with E-state index in [2.05, 4.69) is 36.6 Å². The second-order valence-corrected chi connectivity index (χ2v) is 7.52. The van der Waals surface area contributed by atoms with Crippen LogP contribution in [0.4, 0.5) is 10.1 Å². The highest BCUT2D eigenvalue weighted by Gasteiger charge is 2.18. The van der Waals surface area contributed by atoms with Crippen LogP contribution in [0, 0.1) is 5.82 Å². The van der Waals surface area contributed by atoms with Crippen LogP contribution in [0.25, 0.3) is 0 Å². The first kappa shape index (κ1) is 16.4. The number of benzene rings is 2. The van der Waals surface area contributed by atoms with Crippen molar-refractivity contribution >= 4 is 47.6 Å². The van der Waals surface area contributed by atoms with E-state index in [4.69, 9.17) is 5.11 Å². The zero-order valence-electron chi connectivity index (χ0n) is 10.5. The van der Waals surface area contributed by atoms with Crippen molar-refractivity contribution in [3.8, 4) is 0 Å². The highest BCUT2D eigenvalue weighted by molar-refractivity contribution is 9.10. The van der Waals surface area contributed by atoms with Crippen molar-refractivity contribution in [2.45, 2.75) is 11.5 Å². The van der Waals surface area contributed by atoms with Gasteiger partial charge in [-0.1, -0.05) is 6.07 Å². The molecule has 4 nitrogen and oxygen atoms in total. The van der Waals surface area contributed by atoms with Gasteiger partial charge in [-0.15, -0.1) is 0 Å². The standard InChI is InChI=1S/C13H10Br2FNO3S/c14-10-6-9(2-3-12(10)16)17-21(19,20)13-4-1-8(7-18)5-11(13)15/h1-6,17-18H,7H2. The van der Waals surface area contributed by atoms with Crippen LogP contribution in [0.5, 0.6) is 0 Å². The number of rotatable bonds is 4. The molecule has 0 bridgehead atoms. The number of aliphatic hydroxyl groups excluding tert-OH is 1. The minimum Gasteiger partial charge on any atom is -0.392 e. The summed E-state index contributed by atoms with van der Waals surface area (Å²) in [7, 11) is -3.82. The fraction of sp³-hybridized carbons (Fsp3) is 0.0769. The molecular formula is C13H10Br2FNO3S. The third kappa shape index (κ3) is 3.82. The number of sulfonamides is 1. The van der Waals surface area contributed by atoms with Crippen molar-refractivity contribution in [1.82, 2.24) is 0 Å². The Morgan fingerprint density at radius 1 is 1.10 bits per heavy atom. The molecule has 0 saturated carbocycles. The zero-order chi connectivity index (χ0) is 15.6. The molecule has 112 valence electrons. The maximum atomic E-state index is 13.1. The van der Waals surface area contributed by atoms with Crippen LogP contribution in [-0.2, 0) is 16.6 Å². The molecule has 0 heterocycles. The summed E-state index contributed by atoms with van der Waals surface area (Å²) in [6, 6.07) is 8.24. The first-order valence-electron chi connectivity index (χ1n) is 5.70. The molecule has 0 aliphatic heterocycles.